The van der Waals surface area contributed by atoms with Crippen molar-refractivity contribution in [2.45, 2.75) is 13.8 Å². The minimum atomic E-state index is 0.500. The van der Waals surface area contributed by atoms with Gasteiger partial charge < -0.3 is 4.98 Å². The molecular formula is C17H14N4. The SMILES string of the molecule is Cc1ccc(/C=C(/C#N)c2nc3ncccc3[nH]2)c(C)c1. The van der Waals surface area contributed by atoms with Gasteiger partial charge in [-0.1, -0.05) is 23.8 Å². The molecule has 0 spiro atoms. The number of hydrogen-bond donors (Lipinski definition) is 1. The molecule has 0 bridgehead atoms. The van der Waals surface area contributed by atoms with E-state index < -0.39 is 0 Å². The maximum atomic E-state index is 9.41. The van der Waals surface area contributed by atoms with E-state index in [2.05, 4.69) is 34.0 Å². The second-order valence-electron chi connectivity index (χ2n) is 4.99. The van der Waals surface area contributed by atoms with Crippen molar-refractivity contribution < 1.29 is 0 Å². The summed E-state index contributed by atoms with van der Waals surface area (Å²) in [6, 6.07) is 12.1. The molecule has 2 aromatic heterocycles. The van der Waals surface area contributed by atoms with Crippen LogP contribution >= 0.6 is 0 Å². The minimum absolute atomic E-state index is 0.500. The Morgan fingerprint density at radius 3 is 2.86 bits per heavy atom. The first kappa shape index (κ1) is 13.1. The summed E-state index contributed by atoms with van der Waals surface area (Å²) in [5.74, 6) is 0.547. The van der Waals surface area contributed by atoms with Crippen molar-refractivity contribution in [2.75, 3.05) is 0 Å². The topological polar surface area (TPSA) is 65.4 Å². The molecule has 0 radical (unpaired) electrons. The van der Waals surface area contributed by atoms with E-state index in [4.69, 9.17) is 0 Å². The smallest absolute Gasteiger partial charge is 0.178 e. The van der Waals surface area contributed by atoms with Gasteiger partial charge in [-0.15, -0.1) is 0 Å². The average molecular weight is 274 g/mol. The van der Waals surface area contributed by atoms with Gasteiger partial charge in [-0.05, 0) is 43.2 Å². The van der Waals surface area contributed by atoms with Gasteiger partial charge in [0.25, 0.3) is 0 Å². The Labute approximate surface area is 122 Å². The van der Waals surface area contributed by atoms with Gasteiger partial charge in [0.05, 0.1) is 11.1 Å². The molecule has 0 unspecified atom stereocenters. The van der Waals surface area contributed by atoms with Crippen molar-refractivity contribution in [1.29, 1.82) is 5.26 Å². The number of nitrogens with zero attached hydrogens (tertiary/aromatic N) is 3. The molecule has 0 aliphatic heterocycles. The van der Waals surface area contributed by atoms with E-state index in [9.17, 15) is 5.26 Å². The highest BCUT2D eigenvalue weighted by Crippen LogP contribution is 2.20. The molecule has 0 amide bonds. The first-order chi connectivity index (χ1) is 10.2. The Morgan fingerprint density at radius 2 is 2.14 bits per heavy atom. The number of rotatable bonds is 2. The summed E-state index contributed by atoms with van der Waals surface area (Å²) in [6.45, 7) is 4.09. The maximum Gasteiger partial charge on any atom is 0.178 e. The van der Waals surface area contributed by atoms with Gasteiger partial charge >= 0.3 is 0 Å². The van der Waals surface area contributed by atoms with E-state index in [1.165, 1.54) is 5.56 Å². The van der Waals surface area contributed by atoms with Gasteiger partial charge in [0, 0.05) is 6.20 Å². The van der Waals surface area contributed by atoms with E-state index in [1.807, 2.05) is 37.3 Å². The third-order valence-corrected chi connectivity index (χ3v) is 3.36. The second kappa shape index (κ2) is 5.22. The predicted octanol–water partition coefficient (Wildman–Crippen LogP) is 3.64. The lowest BCUT2D eigenvalue weighted by Crippen LogP contribution is -1.87. The molecule has 0 fully saturated rings. The van der Waals surface area contributed by atoms with Crippen LogP contribution in [0.5, 0.6) is 0 Å². The fourth-order valence-electron chi connectivity index (χ4n) is 2.27. The van der Waals surface area contributed by atoms with Gasteiger partial charge in [-0.3, -0.25) is 0 Å². The maximum absolute atomic E-state index is 9.41. The number of benzene rings is 1. The van der Waals surface area contributed by atoms with Crippen molar-refractivity contribution in [3.05, 3.63) is 59.0 Å². The fourth-order valence-corrected chi connectivity index (χ4v) is 2.27. The lowest BCUT2D eigenvalue weighted by Gasteiger charge is -2.02. The van der Waals surface area contributed by atoms with Crippen LogP contribution in [0.2, 0.25) is 0 Å². The third-order valence-electron chi connectivity index (χ3n) is 3.36. The van der Waals surface area contributed by atoms with Crippen LogP contribution in [0, 0.1) is 25.2 Å². The van der Waals surface area contributed by atoms with Crippen LogP contribution in [0.25, 0.3) is 22.8 Å². The number of fused-ring (bicyclic) bond motifs is 1. The first-order valence-corrected chi connectivity index (χ1v) is 6.67. The molecule has 4 nitrogen and oxygen atoms in total. The largest absolute Gasteiger partial charge is 0.336 e. The Balaban J connectivity index is 2.09. The monoisotopic (exact) mass is 274 g/mol. The summed E-state index contributed by atoms with van der Waals surface area (Å²) < 4.78 is 0. The van der Waals surface area contributed by atoms with E-state index in [0.717, 1.165) is 16.6 Å². The van der Waals surface area contributed by atoms with Crippen LogP contribution in [-0.4, -0.2) is 15.0 Å². The van der Waals surface area contributed by atoms with Crippen molar-refractivity contribution >= 4 is 22.8 Å². The summed E-state index contributed by atoms with van der Waals surface area (Å²) in [5, 5.41) is 9.41. The zero-order valence-corrected chi connectivity index (χ0v) is 11.9. The second-order valence-corrected chi connectivity index (χ2v) is 4.99. The van der Waals surface area contributed by atoms with E-state index >= 15 is 0 Å². The zero-order valence-electron chi connectivity index (χ0n) is 11.9. The number of H-pyrrole nitrogens is 1. The molecule has 102 valence electrons. The number of pyridine rings is 1. The molecule has 4 heteroatoms. The number of aromatic nitrogens is 3. The molecule has 3 aromatic rings. The minimum Gasteiger partial charge on any atom is -0.336 e. The van der Waals surface area contributed by atoms with E-state index in [1.54, 1.807) is 6.20 Å². The summed E-state index contributed by atoms with van der Waals surface area (Å²) in [7, 11) is 0. The van der Waals surface area contributed by atoms with E-state index in [0.29, 0.717) is 17.0 Å². The van der Waals surface area contributed by atoms with Crippen molar-refractivity contribution in [3.63, 3.8) is 0 Å². The van der Waals surface area contributed by atoms with Crippen molar-refractivity contribution in [3.8, 4) is 6.07 Å². The van der Waals surface area contributed by atoms with Crippen LogP contribution in [0.4, 0.5) is 0 Å². The van der Waals surface area contributed by atoms with Gasteiger partial charge in [0.15, 0.2) is 11.5 Å². The average Bonchev–Trinajstić information content (AvgIpc) is 2.90. The number of nitriles is 1. The number of nitrogens with one attached hydrogen (secondary N) is 1. The summed E-state index contributed by atoms with van der Waals surface area (Å²) in [6.07, 6.45) is 3.54. The number of allylic oxidation sites excluding steroid dienone is 1. The number of imidazole rings is 1. The molecule has 2 heterocycles. The molecule has 1 N–H and O–H groups in total. The Morgan fingerprint density at radius 1 is 1.29 bits per heavy atom. The highest BCUT2D eigenvalue weighted by molar-refractivity contribution is 5.90. The molecule has 0 atom stereocenters. The van der Waals surface area contributed by atoms with Crippen LogP contribution in [0.1, 0.15) is 22.5 Å². The summed E-state index contributed by atoms with van der Waals surface area (Å²) >= 11 is 0. The van der Waals surface area contributed by atoms with Crippen LogP contribution < -0.4 is 0 Å². The van der Waals surface area contributed by atoms with E-state index in [-0.39, 0.29) is 0 Å². The van der Waals surface area contributed by atoms with Gasteiger partial charge in [0.2, 0.25) is 0 Å². The lowest BCUT2D eigenvalue weighted by molar-refractivity contribution is 1.25. The molecule has 3 rings (SSSR count). The first-order valence-electron chi connectivity index (χ1n) is 6.67. The Hall–Kier alpha value is -2.93. The molecule has 0 saturated carbocycles. The van der Waals surface area contributed by atoms with Gasteiger partial charge in [-0.2, -0.15) is 5.26 Å². The molecule has 1 aromatic carbocycles. The zero-order chi connectivity index (χ0) is 14.8. The highest BCUT2D eigenvalue weighted by Gasteiger charge is 2.09. The summed E-state index contributed by atoms with van der Waals surface area (Å²) in [4.78, 5) is 11.7. The molecule has 0 aliphatic carbocycles. The predicted molar refractivity (Wildman–Crippen MR) is 83.3 cm³/mol. The number of aryl methyl sites for hydroxylation is 2. The van der Waals surface area contributed by atoms with Crippen LogP contribution in [-0.2, 0) is 0 Å². The normalized spacial score (nSPS) is 11.6. The molecule has 21 heavy (non-hydrogen) atoms. The van der Waals surface area contributed by atoms with Crippen LogP contribution in [0.3, 0.4) is 0 Å². The quantitative estimate of drug-likeness (QED) is 0.725. The van der Waals surface area contributed by atoms with Crippen molar-refractivity contribution in [1.82, 2.24) is 15.0 Å². The van der Waals surface area contributed by atoms with Gasteiger partial charge in [0.1, 0.15) is 6.07 Å². The van der Waals surface area contributed by atoms with Crippen LogP contribution in [0.15, 0.2) is 36.5 Å². The summed E-state index contributed by atoms with van der Waals surface area (Å²) in [5.41, 5.74) is 5.31. The number of hydrogen-bond acceptors (Lipinski definition) is 3. The highest BCUT2D eigenvalue weighted by atomic mass is 15.0. The standard InChI is InChI=1S/C17H14N4/c1-11-5-6-13(12(2)8-11)9-14(10-18)16-20-15-4-3-7-19-17(15)21-16/h3-9H,1-2H3,(H,19,20,21)/b14-9-. The van der Waals surface area contributed by atoms with Gasteiger partial charge in [-0.25, -0.2) is 9.97 Å². The fraction of sp³-hybridized carbons (Fsp3) is 0.118. The third kappa shape index (κ3) is 2.54. The van der Waals surface area contributed by atoms with Crippen molar-refractivity contribution in [2.24, 2.45) is 0 Å². The molecule has 0 saturated heterocycles. The Bertz CT molecular complexity index is 848. The Kier molecular flexibility index (Phi) is 3.25. The molecule has 0 aliphatic rings. The lowest BCUT2D eigenvalue weighted by atomic mass is 10.0. The number of aromatic amines is 1. The molecular weight excluding hydrogens is 260 g/mol.